The summed E-state index contributed by atoms with van der Waals surface area (Å²) in [5, 5.41) is 0. The highest BCUT2D eigenvalue weighted by Crippen LogP contribution is 2.30. The number of amides is 1. The van der Waals surface area contributed by atoms with Crippen LogP contribution >= 0.6 is 0 Å². The Morgan fingerprint density at radius 3 is 2.84 bits per heavy atom. The van der Waals surface area contributed by atoms with Crippen molar-refractivity contribution in [3.05, 3.63) is 23.9 Å². The molecule has 1 amide bonds. The number of carbonyl (C=O) groups is 1. The van der Waals surface area contributed by atoms with Crippen LogP contribution in [0.15, 0.2) is 18.3 Å². The number of hydrazine groups is 1. The number of anilines is 1. The van der Waals surface area contributed by atoms with E-state index in [1.165, 1.54) is 0 Å². The van der Waals surface area contributed by atoms with Gasteiger partial charge in [0.25, 0.3) is 0 Å². The third-order valence-electron chi connectivity index (χ3n) is 3.77. The smallest absolute Gasteiger partial charge is 0.222 e. The van der Waals surface area contributed by atoms with E-state index in [9.17, 15) is 4.79 Å². The fourth-order valence-electron chi connectivity index (χ4n) is 2.28. The Morgan fingerprint density at radius 2 is 2.21 bits per heavy atom. The molecule has 1 aromatic rings. The van der Waals surface area contributed by atoms with Gasteiger partial charge in [-0.2, -0.15) is 0 Å². The van der Waals surface area contributed by atoms with Gasteiger partial charge in [-0.1, -0.05) is 19.9 Å². The van der Waals surface area contributed by atoms with Crippen LogP contribution < -0.4 is 11.3 Å². The van der Waals surface area contributed by atoms with Gasteiger partial charge in [-0.15, -0.1) is 0 Å². The van der Waals surface area contributed by atoms with Crippen LogP contribution in [-0.2, 0) is 11.3 Å². The van der Waals surface area contributed by atoms with Crippen LogP contribution in [0.3, 0.4) is 0 Å². The summed E-state index contributed by atoms with van der Waals surface area (Å²) in [7, 11) is 0. The normalized spacial score (nSPS) is 19.1. The van der Waals surface area contributed by atoms with Gasteiger partial charge in [-0.3, -0.25) is 4.79 Å². The zero-order chi connectivity index (χ0) is 13.9. The average molecular weight is 262 g/mol. The molecule has 1 saturated heterocycles. The predicted octanol–water partition coefficient (Wildman–Crippen LogP) is 1.91. The molecule has 3 N–H and O–H groups in total. The van der Waals surface area contributed by atoms with Crippen molar-refractivity contribution >= 4 is 11.7 Å². The molecular weight excluding hydrogens is 240 g/mol. The maximum absolute atomic E-state index is 12.1. The Morgan fingerprint density at radius 1 is 1.42 bits per heavy atom. The van der Waals surface area contributed by atoms with E-state index in [2.05, 4.69) is 24.3 Å². The first kappa shape index (κ1) is 13.8. The Kier molecular flexibility index (Phi) is 4.04. The fourth-order valence-corrected chi connectivity index (χ4v) is 2.28. The van der Waals surface area contributed by atoms with Crippen LogP contribution in [0.2, 0.25) is 0 Å². The fraction of sp³-hybridized carbons (Fsp3) is 0.571. The van der Waals surface area contributed by atoms with Gasteiger partial charge in [0.05, 0.1) is 0 Å². The Bertz CT molecular complexity index is 441. The minimum Gasteiger partial charge on any atom is -0.338 e. The molecule has 2 rings (SSSR count). The van der Waals surface area contributed by atoms with E-state index in [0.29, 0.717) is 18.8 Å². The molecule has 1 fully saturated rings. The minimum absolute atomic E-state index is 0.242. The van der Waals surface area contributed by atoms with Crippen molar-refractivity contribution in [3.8, 4) is 0 Å². The lowest BCUT2D eigenvalue weighted by molar-refractivity contribution is -0.131. The molecule has 5 heteroatoms. The number of aromatic nitrogens is 1. The molecule has 2 heterocycles. The molecule has 19 heavy (non-hydrogen) atoms. The van der Waals surface area contributed by atoms with Gasteiger partial charge in [0, 0.05) is 25.7 Å². The quantitative estimate of drug-likeness (QED) is 0.645. The summed E-state index contributed by atoms with van der Waals surface area (Å²) in [4.78, 5) is 18.2. The monoisotopic (exact) mass is 262 g/mol. The number of nitrogens with zero attached hydrogens (tertiary/aromatic N) is 2. The lowest BCUT2D eigenvalue weighted by Crippen LogP contribution is -2.30. The Balaban J connectivity index is 2.02. The predicted molar refractivity (Wildman–Crippen MR) is 75.1 cm³/mol. The second kappa shape index (κ2) is 5.57. The molecular formula is C14H22N4O. The lowest BCUT2D eigenvalue weighted by Gasteiger charge is -2.23. The molecule has 1 aromatic heterocycles. The summed E-state index contributed by atoms with van der Waals surface area (Å²) in [5.74, 6) is 6.15. The number of likely N-dealkylation sites (tertiary alicyclic amines) is 1. The maximum atomic E-state index is 12.1. The van der Waals surface area contributed by atoms with Crippen molar-refractivity contribution in [2.24, 2.45) is 11.3 Å². The number of rotatable bonds is 3. The van der Waals surface area contributed by atoms with Gasteiger partial charge in [-0.25, -0.2) is 10.8 Å². The van der Waals surface area contributed by atoms with Gasteiger partial charge in [0.1, 0.15) is 5.82 Å². The van der Waals surface area contributed by atoms with E-state index in [1.807, 2.05) is 17.0 Å². The van der Waals surface area contributed by atoms with Gasteiger partial charge >= 0.3 is 0 Å². The van der Waals surface area contributed by atoms with Crippen LogP contribution in [0, 0.1) is 5.41 Å². The van der Waals surface area contributed by atoms with E-state index in [-0.39, 0.29) is 11.3 Å². The Hall–Kier alpha value is -1.62. The maximum Gasteiger partial charge on any atom is 0.222 e. The Labute approximate surface area is 114 Å². The van der Waals surface area contributed by atoms with Crippen LogP contribution in [0.25, 0.3) is 0 Å². The lowest BCUT2D eigenvalue weighted by atomic mass is 9.85. The number of nitrogens with two attached hydrogens (primary N) is 1. The highest BCUT2D eigenvalue weighted by Gasteiger charge is 2.27. The number of nitrogen functional groups attached to an aromatic ring is 1. The van der Waals surface area contributed by atoms with Crippen molar-refractivity contribution in [1.29, 1.82) is 0 Å². The van der Waals surface area contributed by atoms with Crippen molar-refractivity contribution in [2.45, 2.75) is 39.7 Å². The molecule has 0 saturated carbocycles. The summed E-state index contributed by atoms with van der Waals surface area (Å²) >= 11 is 0. The third kappa shape index (κ3) is 3.67. The zero-order valence-corrected chi connectivity index (χ0v) is 11.6. The molecule has 1 aliphatic heterocycles. The van der Waals surface area contributed by atoms with Crippen LogP contribution in [-0.4, -0.2) is 22.3 Å². The van der Waals surface area contributed by atoms with Crippen molar-refractivity contribution in [1.82, 2.24) is 9.88 Å². The van der Waals surface area contributed by atoms with Crippen LogP contribution in [0.5, 0.6) is 0 Å². The first-order chi connectivity index (χ1) is 9.00. The van der Waals surface area contributed by atoms with Crippen molar-refractivity contribution in [2.75, 3.05) is 12.0 Å². The van der Waals surface area contributed by atoms with Crippen LogP contribution in [0.4, 0.5) is 5.82 Å². The molecule has 0 unspecified atom stereocenters. The second-order valence-electron chi connectivity index (χ2n) is 5.93. The van der Waals surface area contributed by atoms with Gasteiger partial charge < -0.3 is 10.3 Å². The van der Waals surface area contributed by atoms with E-state index >= 15 is 0 Å². The van der Waals surface area contributed by atoms with Gasteiger partial charge in [-0.05, 0) is 29.9 Å². The molecule has 5 nitrogen and oxygen atoms in total. The van der Waals surface area contributed by atoms with Crippen LogP contribution in [0.1, 0.15) is 38.7 Å². The molecule has 0 aromatic carbocycles. The summed E-state index contributed by atoms with van der Waals surface area (Å²) in [6.07, 6.45) is 4.42. The largest absolute Gasteiger partial charge is 0.338 e. The first-order valence-electron chi connectivity index (χ1n) is 6.69. The molecule has 0 aliphatic carbocycles. The zero-order valence-electron chi connectivity index (χ0n) is 11.6. The van der Waals surface area contributed by atoms with Gasteiger partial charge in [0.15, 0.2) is 0 Å². The van der Waals surface area contributed by atoms with E-state index in [4.69, 9.17) is 5.84 Å². The highest BCUT2D eigenvalue weighted by molar-refractivity contribution is 5.76. The highest BCUT2D eigenvalue weighted by atomic mass is 16.2. The number of carbonyl (C=O) groups excluding carboxylic acids is 1. The van der Waals surface area contributed by atoms with Gasteiger partial charge in [0.2, 0.25) is 5.91 Å². The molecule has 0 bridgehead atoms. The molecule has 0 radical (unpaired) electrons. The third-order valence-corrected chi connectivity index (χ3v) is 3.77. The topological polar surface area (TPSA) is 71.2 Å². The SMILES string of the molecule is CC1(C)CCC(=O)N(Cc2ccc(NN)nc2)CC1. The number of pyridine rings is 1. The number of nitrogens with one attached hydrogen (secondary N) is 1. The van der Waals surface area contributed by atoms with Crippen molar-refractivity contribution in [3.63, 3.8) is 0 Å². The summed E-state index contributed by atoms with van der Waals surface area (Å²) in [6.45, 7) is 5.91. The molecule has 1 aliphatic rings. The molecule has 104 valence electrons. The molecule has 0 spiro atoms. The van der Waals surface area contributed by atoms with Crippen molar-refractivity contribution < 1.29 is 4.79 Å². The second-order valence-corrected chi connectivity index (χ2v) is 5.93. The standard InChI is InChI=1S/C14H22N4O/c1-14(2)6-5-13(19)18(8-7-14)10-11-3-4-12(17-15)16-9-11/h3-4,9H,5-8,10,15H2,1-2H3,(H,16,17). The summed E-state index contributed by atoms with van der Waals surface area (Å²) < 4.78 is 0. The number of hydrogen-bond acceptors (Lipinski definition) is 4. The molecule has 0 atom stereocenters. The minimum atomic E-state index is 0.242. The van der Waals surface area contributed by atoms with E-state index < -0.39 is 0 Å². The van der Waals surface area contributed by atoms with E-state index in [0.717, 1.165) is 24.9 Å². The summed E-state index contributed by atoms with van der Waals surface area (Å²) in [5.41, 5.74) is 3.79. The summed E-state index contributed by atoms with van der Waals surface area (Å²) in [6, 6.07) is 3.77. The first-order valence-corrected chi connectivity index (χ1v) is 6.69. The number of hydrogen-bond donors (Lipinski definition) is 2. The average Bonchev–Trinajstić information content (AvgIpc) is 2.53. The van der Waals surface area contributed by atoms with E-state index in [1.54, 1.807) is 6.20 Å².